The zero-order valence-electron chi connectivity index (χ0n) is 11.8. The van der Waals surface area contributed by atoms with E-state index in [9.17, 15) is 0 Å². The average molecular weight is 285 g/mol. The van der Waals surface area contributed by atoms with Crippen LogP contribution in [-0.4, -0.2) is 23.6 Å². The first kappa shape index (κ1) is 14.5. The van der Waals surface area contributed by atoms with Gasteiger partial charge in [-0.05, 0) is 54.8 Å². The number of likely N-dealkylation sites (N-methyl/N-ethyl adjacent to an activating group) is 1. The van der Waals surface area contributed by atoms with E-state index in [4.69, 9.17) is 18.0 Å². The van der Waals surface area contributed by atoms with Crippen LogP contribution in [0, 0.1) is 6.92 Å². The molecule has 0 bridgehead atoms. The lowest BCUT2D eigenvalue weighted by Crippen LogP contribution is -2.21. The number of nitrogens with zero attached hydrogens (tertiary/aromatic N) is 2. The molecule has 0 amide bonds. The number of benzene rings is 1. The summed E-state index contributed by atoms with van der Waals surface area (Å²) >= 11 is 5.03. The molecule has 2 N–H and O–H groups in total. The second kappa shape index (κ2) is 6.48. The highest BCUT2D eigenvalue weighted by Crippen LogP contribution is 2.18. The monoisotopic (exact) mass is 285 g/mol. The topological polar surface area (TPSA) is 42.2 Å². The minimum Gasteiger partial charge on any atom is -0.389 e. The van der Waals surface area contributed by atoms with Gasteiger partial charge in [0.25, 0.3) is 0 Å². The molecule has 1 aromatic carbocycles. The minimum atomic E-state index is 0.452. The fraction of sp³-hybridized carbons (Fsp3) is 0.250. The smallest absolute Gasteiger partial charge is 0.104 e. The van der Waals surface area contributed by atoms with Crippen LogP contribution in [0.4, 0.5) is 5.69 Å². The van der Waals surface area contributed by atoms with Crippen LogP contribution < -0.4 is 10.6 Å². The van der Waals surface area contributed by atoms with Crippen molar-refractivity contribution in [2.24, 2.45) is 5.73 Å². The molecule has 1 heterocycles. The second-order valence-electron chi connectivity index (χ2n) is 4.89. The number of anilines is 1. The molecule has 0 aliphatic heterocycles. The molecule has 3 nitrogen and oxygen atoms in total. The van der Waals surface area contributed by atoms with Crippen LogP contribution in [0.1, 0.15) is 16.7 Å². The first-order valence-corrected chi connectivity index (χ1v) is 6.99. The van der Waals surface area contributed by atoms with Gasteiger partial charge in [0.15, 0.2) is 0 Å². The van der Waals surface area contributed by atoms with Gasteiger partial charge in [-0.15, -0.1) is 0 Å². The Hall–Kier alpha value is -1.94. The van der Waals surface area contributed by atoms with Crippen LogP contribution in [0.15, 0.2) is 42.7 Å². The van der Waals surface area contributed by atoms with Crippen molar-refractivity contribution in [1.82, 2.24) is 4.98 Å². The van der Waals surface area contributed by atoms with Crippen molar-refractivity contribution in [3.63, 3.8) is 0 Å². The van der Waals surface area contributed by atoms with Gasteiger partial charge in [0.2, 0.25) is 0 Å². The normalized spacial score (nSPS) is 10.3. The molecule has 104 valence electrons. The van der Waals surface area contributed by atoms with Gasteiger partial charge in [-0.1, -0.05) is 12.2 Å². The number of pyridine rings is 1. The van der Waals surface area contributed by atoms with Crippen LogP contribution in [0.25, 0.3) is 0 Å². The first-order valence-electron chi connectivity index (χ1n) is 6.58. The summed E-state index contributed by atoms with van der Waals surface area (Å²) in [5, 5.41) is 0. The lowest BCUT2D eigenvalue weighted by molar-refractivity contribution is 0.874. The Bertz CT molecular complexity index is 596. The van der Waals surface area contributed by atoms with Crippen molar-refractivity contribution in [3.8, 4) is 0 Å². The molecule has 4 heteroatoms. The van der Waals surface area contributed by atoms with Gasteiger partial charge >= 0.3 is 0 Å². The van der Waals surface area contributed by atoms with Crippen LogP contribution in [0.3, 0.4) is 0 Å². The summed E-state index contributed by atoms with van der Waals surface area (Å²) in [5.74, 6) is 0. The molecule has 2 aromatic rings. The largest absolute Gasteiger partial charge is 0.389 e. The van der Waals surface area contributed by atoms with Gasteiger partial charge in [-0.3, -0.25) is 4.98 Å². The molecule has 0 atom stereocenters. The first-order chi connectivity index (χ1) is 9.58. The zero-order chi connectivity index (χ0) is 14.5. The highest BCUT2D eigenvalue weighted by atomic mass is 32.1. The van der Waals surface area contributed by atoms with Gasteiger partial charge in [0, 0.05) is 37.2 Å². The minimum absolute atomic E-state index is 0.452. The van der Waals surface area contributed by atoms with Gasteiger partial charge in [-0.2, -0.15) is 0 Å². The maximum Gasteiger partial charge on any atom is 0.104 e. The Kier molecular flexibility index (Phi) is 4.69. The average Bonchev–Trinajstić information content (AvgIpc) is 2.45. The summed E-state index contributed by atoms with van der Waals surface area (Å²) in [4.78, 5) is 6.72. The molecular formula is C16H19N3S. The van der Waals surface area contributed by atoms with Gasteiger partial charge in [0.1, 0.15) is 4.99 Å². The molecule has 1 aromatic heterocycles. The number of aromatic nitrogens is 1. The SMILES string of the molecule is Cc1cc(N(C)CCc2ccncc2)ccc1C(N)=S. The van der Waals surface area contributed by atoms with E-state index in [2.05, 4.69) is 41.2 Å². The van der Waals surface area contributed by atoms with Crippen LogP contribution in [0.2, 0.25) is 0 Å². The van der Waals surface area contributed by atoms with E-state index in [1.54, 1.807) is 0 Å². The van der Waals surface area contributed by atoms with E-state index < -0.39 is 0 Å². The molecule has 0 spiro atoms. The van der Waals surface area contributed by atoms with Gasteiger partial charge in [-0.25, -0.2) is 0 Å². The van der Waals surface area contributed by atoms with E-state index in [0.29, 0.717) is 4.99 Å². The van der Waals surface area contributed by atoms with E-state index in [-0.39, 0.29) is 0 Å². The van der Waals surface area contributed by atoms with Gasteiger partial charge < -0.3 is 10.6 Å². The lowest BCUT2D eigenvalue weighted by atomic mass is 10.1. The summed E-state index contributed by atoms with van der Waals surface area (Å²) in [6.45, 7) is 2.99. The van der Waals surface area contributed by atoms with Crippen LogP contribution in [-0.2, 0) is 6.42 Å². The molecule has 0 radical (unpaired) electrons. The molecule has 20 heavy (non-hydrogen) atoms. The molecular weight excluding hydrogens is 266 g/mol. The quantitative estimate of drug-likeness (QED) is 0.858. The highest BCUT2D eigenvalue weighted by molar-refractivity contribution is 7.80. The molecule has 2 rings (SSSR count). The Morgan fingerprint density at radius 3 is 2.55 bits per heavy atom. The van der Waals surface area contributed by atoms with Crippen molar-refractivity contribution in [3.05, 3.63) is 59.4 Å². The molecule has 0 fully saturated rings. The summed E-state index contributed by atoms with van der Waals surface area (Å²) in [5.41, 5.74) is 10.2. The fourth-order valence-corrected chi connectivity index (χ4v) is 2.37. The Morgan fingerprint density at radius 2 is 1.95 bits per heavy atom. The predicted molar refractivity (Wildman–Crippen MR) is 88.3 cm³/mol. The number of rotatable bonds is 5. The van der Waals surface area contributed by atoms with E-state index >= 15 is 0 Å². The third-order valence-corrected chi connectivity index (χ3v) is 3.62. The van der Waals surface area contributed by atoms with Crippen molar-refractivity contribution < 1.29 is 0 Å². The summed E-state index contributed by atoms with van der Waals surface area (Å²) in [7, 11) is 2.09. The molecule has 0 unspecified atom stereocenters. The highest BCUT2D eigenvalue weighted by Gasteiger charge is 2.06. The second-order valence-corrected chi connectivity index (χ2v) is 5.33. The fourth-order valence-electron chi connectivity index (χ4n) is 2.14. The van der Waals surface area contributed by atoms with Crippen molar-refractivity contribution in [2.45, 2.75) is 13.3 Å². The number of aryl methyl sites for hydroxylation is 1. The van der Waals surface area contributed by atoms with Crippen LogP contribution >= 0.6 is 12.2 Å². The molecule has 0 saturated heterocycles. The summed E-state index contributed by atoms with van der Waals surface area (Å²) < 4.78 is 0. The third-order valence-electron chi connectivity index (χ3n) is 3.40. The maximum atomic E-state index is 5.69. The van der Waals surface area contributed by atoms with E-state index in [1.165, 1.54) is 11.3 Å². The zero-order valence-corrected chi connectivity index (χ0v) is 12.7. The van der Waals surface area contributed by atoms with Crippen molar-refractivity contribution in [2.75, 3.05) is 18.5 Å². The number of hydrogen-bond acceptors (Lipinski definition) is 3. The number of thiocarbonyl (C=S) groups is 1. The van der Waals surface area contributed by atoms with Crippen molar-refractivity contribution >= 4 is 22.9 Å². The van der Waals surface area contributed by atoms with Crippen LogP contribution in [0.5, 0.6) is 0 Å². The number of nitrogens with two attached hydrogens (primary N) is 1. The lowest BCUT2D eigenvalue weighted by Gasteiger charge is -2.20. The Balaban J connectivity index is 2.04. The van der Waals surface area contributed by atoms with E-state index in [1.807, 2.05) is 25.4 Å². The predicted octanol–water partition coefficient (Wildman–Crippen LogP) is 2.70. The Labute approximate surface area is 125 Å². The number of hydrogen-bond donors (Lipinski definition) is 1. The van der Waals surface area contributed by atoms with Crippen molar-refractivity contribution in [1.29, 1.82) is 0 Å². The molecule has 0 saturated carbocycles. The Morgan fingerprint density at radius 1 is 1.25 bits per heavy atom. The standard InChI is InChI=1S/C16H19N3S/c1-12-11-14(3-4-15(12)16(17)20)19(2)10-7-13-5-8-18-9-6-13/h3-6,8-9,11H,7,10H2,1-2H3,(H2,17,20). The van der Waals surface area contributed by atoms with E-state index in [0.717, 1.165) is 24.1 Å². The molecule has 0 aliphatic carbocycles. The summed E-state index contributed by atoms with van der Waals surface area (Å²) in [6.07, 6.45) is 4.65. The molecule has 0 aliphatic rings. The third kappa shape index (κ3) is 3.54. The summed E-state index contributed by atoms with van der Waals surface area (Å²) in [6, 6.07) is 10.3. The maximum absolute atomic E-state index is 5.69. The van der Waals surface area contributed by atoms with Gasteiger partial charge in [0.05, 0.1) is 0 Å².